The lowest BCUT2D eigenvalue weighted by molar-refractivity contribution is -0.307. The number of rotatable bonds is 5. The maximum atomic E-state index is 6.03. The summed E-state index contributed by atoms with van der Waals surface area (Å²) in [5, 5.41) is 0. The van der Waals surface area contributed by atoms with Crippen molar-refractivity contribution in [3.8, 4) is 0 Å². The van der Waals surface area contributed by atoms with Crippen LogP contribution in [0.5, 0.6) is 0 Å². The predicted molar refractivity (Wildman–Crippen MR) is 62.8 cm³/mol. The summed E-state index contributed by atoms with van der Waals surface area (Å²) < 4.78 is 12.1. The van der Waals surface area contributed by atoms with Crippen molar-refractivity contribution in [2.75, 3.05) is 13.2 Å². The van der Waals surface area contributed by atoms with Gasteiger partial charge in [-0.1, -0.05) is 40.5 Å². The van der Waals surface area contributed by atoms with Gasteiger partial charge in [0.05, 0.1) is 13.2 Å². The third-order valence-corrected chi connectivity index (χ3v) is 3.48. The van der Waals surface area contributed by atoms with E-state index in [0.29, 0.717) is 0 Å². The predicted octanol–water partition coefficient (Wildman–Crippen LogP) is 3.75. The summed E-state index contributed by atoms with van der Waals surface area (Å²) in [4.78, 5) is 0. The third-order valence-electron chi connectivity index (χ3n) is 3.48. The van der Waals surface area contributed by atoms with Crippen LogP contribution < -0.4 is 0 Å². The van der Waals surface area contributed by atoms with Crippen LogP contribution in [0.4, 0.5) is 0 Å². The molecule has 0 aromatic carbocycles. The Morgan fingerprint density at radius 3 is 1.73 bits per heavy atom. The fourth-order valence-electron chi connectivity index (χ4n) is 2.07. The number of hydrogen-bond donors (Lipinski definition) is 0. The minimum absolute atomic E-state index is 0.227. The largest absolute Gasteiger partial charge is 0.349 e. The van der Waals surface area contributed by atoms with Crippen LogP contribution in [-0.4, -0.2) is 19.0 Å². The van der Waals surface area contributed by atoms with Gasteiger partial charge in [-0.15, -0.1) is 0 Å². The second kappa shape index (κ2) is 5.31. The monoisotopic (exact) mass is 214 g/mol. The summed E-state index contributed by atoms with van der Waals surface area (Å²) in [7, 11) is 0. The second-order valence-electron chi connectivity index (χ2n) is 5.15. The van der Waals surface area contributed by atoms with Gasteiger partial charge in [-0.2, -0.15) is 0 Å². The van der Waals surface area contributed by atoms with E-state index in [1.165, 1.54) is 0 Å². The summed E-state index contributed by atoms with van der Waals surface area (Å²) in [6, 6.07) is 0. The smallest absolute Gasteiger partial charge is 0.168 e. The van der Waals surface area contributed by atoms with Crippen molar-refractivity contribution in [3.05, 3.63) is 0 Å². The molecular weight excluding hydrogens is 188 g/mol. The molecule has 0 N–H and O–H groups in total. The molecule has 0 spiro atoms. The van der Waals surface area contributed by atoms with Crippen molar-refractivity contribution < 1.29 is 9.47 Å². The molecule has 2 nitrogen and oxygen atoms in total. The molecule has 1 heterocycles. The van der Waals surface area contributed by atoms with Crippen LogP contribution >= 0.6 is 0 Å². The average molecular weight is 214 g/mol. The molecule has 0 unspecified atom stereocenters. The normalized spacial score (nSPS) is 24.0. The van der Waals surface area contributed by atoms with E-state index in [0.717, 1.165) is 45.3 Å². The average Bonchev–Trinajstić information content (AvgIpc) is 2.24. The van der Waals surface area contributed by atoms with Gasteiger partial charge < -0.3 is 9.47 Å². The first-order valence-electron chi connectivity index (χ1n) is 6.37. The zero-order valence-corrected chi connectivity index (χ0v) is 10.8. The topological polar surface area (TPSA) is 18.5 Å². The van der Waals surface area contributed by atoms with Gasteiger partial charge in [0, 0.05) is 18.3 Å². The van der Waals surface area contributed by atoms with Crippen LogP contribution in [0.2, 0.25) is 0 Å². The van der Waals surface area contributed by atoms with Crippen LogP contribution in [0.3, 0.4) is 0 Å². The molecule has 0 amide bonds. The molecule has 0 atom stereocenters. The summed E-state index contributed by atoms with van der Waals surface area (Å²) in [5.74, 6) is -0.266. The molecule has 2 heteroatoms. The van der Waals surface area contributed by atoms with E-state index in [4.69, 9.17) is 9.47 Å². The van der Waals surface area contributed by atoms with E-state index in [-0.39, 0.29) is 11.2 Å². The standard InChI is InChI=1S/C13H26O2/c1-5-8-13(9-6-2)14-10-12(4,7-3)11-15-13/h5-11H2,1-4H3. The maximum absolute atomic E-state index is 6.03. The van der Waals surface area contributed by atoms with Crippen LogP contribution in [-0.2, 0) is 9.47 Å². The van der Waals surface area contributed by atoms with Crippen LogP contribution in [0, 0.1) is 5.41 Å². The van der Waals surface area contributed by atoms with E-state index >= 15 is 0 Å². The van der Waals surface area contributed by atoms with Crippen molar-refractivity contribution in [3.63, 3.8) is 0 Å². The summed E-state index contributed by atoms with van der Waals surface area (Å²) in [5.41, 5.74) is 0.227. The van der Waals surface area contributed by atoms with Gasteiger partial charge in [-0.05, 0) is 6.42 Å². The summed E-state index contributed by atoms with van der Waals surface area (Å²) >= 11 is 0. The molecule has 90 valence electrons. The molecule has 0 saturated carbocycles. The molecule has 15 heavy (non-hydrogen) atoms. The van der Waals surface area contributed by atoms with Crippen molar-refractivity contribution >= 4 is 0 Å². The van der Waals surface area contributed by atoms with Gasteiger partial charge in [0.25, 0.3) is 0 Å². The zero-order valence-electron chi connectivity index (χ0n) is 10.8. The Kier molecular flexibility index (Phi) is 4.60. The van der Waals surface area contributed by atoms with Crippen molar-refractivity contribution in [1.29, 1.82) is 0 Å². The SMILES string of the molecule is CCCC1(CCC)OCC(C)(CC)CO1. The Labute approximate surface area is 94.3 Å². The van der Waals surface area contributed by atoms with Crippen LogP contribution in [0.1, 0.15) is 59.8 Å². The van der Waals surface area contributed by atoms with Crippen molar-refractivity contribution in [1.82, 2.24) is 0 Å². The van der Waals surface area contributed by atoms with Crippen LogP contribution in [0.25, 0.3) is 0 Å². The molecule has 1 fully saturated rings. The lowest BCUT2D eigenvalue weighted by Crippen LogP contribution is -2.48. The van der Waals surface area contributed by atoms with E-state index in [2.05, 4.69) is 27.7 Å². The quantitative estimate of drug-likeness (QED) is 0.694. The fraction of sp³-hybridized carbons (Fsp3) is 1.00. The van der Waals surface area contributed by atoms with E-state index < -0.39 is 0 Å². The fourth-order valence-corrected chi connectivity index (χ4v) is 2.07. The molecule has 0 radical (unpaired) electrons. The molecule has 0 aromatic rings. The van der Waals surface area contributed by atoms with Crippen molar-refractivity contribution in [2.24, 2.45) is 5.41 Å². The first kappa shape index (κ1) is 13.0. The lowest BCUT2D eigenvalue weighted by Gasteiger charge is -2.44. The third kappa shape index (κ3) is 3.18. The first-order chi connectivity index (χ1) is 7.10. The highest BCUT2D eigenvalue weighted by Crippen LogP contribution is 2.37. The van der Waals surface area contributed by atoms with Gasteiger partial charge >= 0.3 is 0 Å². The van der Waals surface area contributed by atoms with Crippen molar-refractivity contribution in [2.45, 2.75) is 65.6 Å². The van der Waals surface area contributed by atoms with Gasteiger partial charge in [-0.3, -0.25) is 0 Å². The number of hydrogen-bond acceptors (Lipinski definition) is 2. The molecule has 1 saturated heterocycles. The Morgan fingerprint density at radius 1 is 0.933 bits per heavy atom. The van der Waals surface area contributed by atoms with E-state index in [1.807, 2.05) is 0 Å². The lowest BCUT2D eigenvalue weighted by atomic mass is 9.88. The molecular formula is C13H26O2. The Morgan fingerprint density at radius 2 is 1.40 bits per heavy atom. The number of ether oxygens (including phenoxy) is 2. The van der Waals surface area contributed by atoms with E-state index in [9.17, 15) is 0 Å². The Bertz CT molecular complexity index is 173. The second-order valence-corrected chi connectivity index (χ2v) is 5.15. The van der Waals surface area contributed by atoms with E-state index in [1.54, 1.807) is 0 Å². The molecule has 1 rings (SSSR count). The highest BCUT2D eigenvalue weighted by atomic mass is 16.7. The summed E-state index contributed by atoms with van der Waals surface area (Å²) in [6.07, 6.45) is 5.44. The van der Waals surface area contributed by atoms with Crippen LogP contribution in [0.15, 0.2) is 0 Å². The minimum Gasteiger partial charge on any atom is -0.349 e. The molecule has 0 aliphatic carbocycles. The minimum atomic E-state index is -0.266. The Balaban J connectivity index is 2.56. The maximum Gasteiger partial charge on any atom is 0.168 e. The summed E-state index contributed by atoms with van der Waals surface area (Å²) in [6.45, 7) is 10.5. The van der Waals surface area contributed by atoms with Gasteiger partial charge in [0.15, 0.2) is 5.79 Å². The molecule has 0 bridgehead atoms. The first-order valence-corrected chi connectivity index (χ1v) is 6.37. The molecule has 1 aliphatic heterocycles. The highest BCUT2D eigenvalue weighted by Gasteiger charge is 2.40. The van der Waals surface area contributed by atoms with Gasteiger partial charge in [-0.25, -0.2) is 0 Å². The molecule has 1 aliphatic rings. The van der Waals surface area contributed by atoms with Gasteiger partial charge in [0.1, 0.15) is 0 Å². The Hall–Kier alpha value is -0.0800. The molecule has 0 aromatic heterocycles. The van der Waals surface area contributed by atoms with Gasteiger partial charge in [0.2, 0.25) is 0 Å². The zero-order chi connectivity index (χ0) is 11.4. The highest BCUT2D eigenvalue weighted by molar-refractivity contribution is 4.81.